The molecule has 3 aromatic heterocycles. The molecule has 0 aliphatic rings. The van der Waals surface area contributed by atoms with Gasteiger partial charge in [0.1, 0.15) is 0 Å². The van der Waals surface area contributed by atoms with Crippen LogP contribution in [0.4, 0.5) is 0 Å². The largest absolute Gasteiger partial charge is 0.247 e. The van der Waals surface area contributed by atoms with E-state index in [-0.39, 0.29) is 0 Å². The highest BCUT2D eigenvalue weighted by Gasteiger charge is 2.22. The Morgan fingerprint density at radius 1 is 0.250 bits per heavy atom. The van der Waals surface area contributed by atoms with Gasteiger partial charge in [0.05, 0.1) is 33.6 Å². The van der Waals surface area contributed by atoms with Gasteiger partial charge >= 0.3 is 0 Å². The predicted molar refractivity (Wildman–Crippen MR) is 244 cm³/mol. The molecule has 0 amide bonds. The van der Waals surface area contributed by atoms with Crippen molar-refractivity contribution in [1.29, 1.82) is 0 Å². The number of pyridine rings is 1. The lowest BCUT2D eigenvalue weighted by atomic mass is 9.90. The van der Waals surface area contributed by atoms with Crippen LogP contribution in [-0.4, -0.2) is 29.9 Å². The van der Waals surface area contributed by atoms with Gasteiger partial charge in [-0.05, 0) is 23.3 Å². The lowest BCUT2D eigenvalue weighted by molar-refractivity contribution is 1.07. The summed E-state index contributed by atoms with van der Waals surface area (Å²) in [6, 6.07) is 70.2. The quantitative estimate of drug-likeness (QED) is 0.150. The van der Waals surface area contributed by atoms with Crippen LogP contribution >= 0.6 is 0 Å². The van der Waals surface area contributed by atoms with E-state index in [2.05, 4.69) is 109 Å². The third-order valence-corrected chi connectivity index (χ3v) is 10.9. The van der Waals surface area contributed by atoms with Crippen molar-refractivity contribution in [2.45, 2.75) is 0 Å². The molecule has 0 N–H and O–H groups in total. The Hall–Kier alpha value is -8.22. The molecule has 0 spiro atoms. The summed E-state index contributed by atoms with van der Waals surface area (Å²) in [5, 5.41) is 3.04. The van der Waals surface area contributed by atoms with Crippen molar-refractivity contribution in [3.05, 3.63) is 206 Å². The SMILES string of the molecule is c1ccc(-c2nc(-c3ccccc3)nc(-c3ccc(-c4cc5nc(-c6ccccc6)c(-c6ccccc6)nc5c5c4c(-c4ccccc4)nc4ccccc45)cc3)n2)cc1. The summed E-state index contributed by atoms with van der Waals surface area (Å²) in [5.74, 6) is 1.84. The fraction of sp³-hybridized carbons (Fsp3) is 0. The molecule has 60 heavy (non-hydrogen) atoms. The van der Waals surface area contributed by atoms with Crippen LogP contribution in [0.3, 0.4) is 0 Å². The molecule has 6 heteroatoms. The van der Waals surface area contributed by atoms with Gasteiger partial charge in [-0.1, -0.05) is 194 Å². The molecule has 11 rings (SSSR count). The van der Waals surface area contributed by atoms with Gasteiger partial charge in [-0.25, -0.2) is 29.9 Å². The monoisotopic (exact) mass is 766 g/mol. The molecule has 0 saturated heterocycles. The summed E-state index contributed by atoms with van der Waals surface area (Å²) in [5.41, 5.74) is 12.8. The maximum absolute atomic E-state index is 5.58. The van der Waals surface area contributed by atoms with Gasteiger partial charge in [0.25, 0.3) is 0 Å². The van der Waals surface area contributed by atoms with Gasteiger partial charge in [-0.15, -0.1) is 0 Å². The average Bonchev–Trinajstić information content (AvgIpc) is 3.34. The maximum Gasteiger partial charge on any atom is 0.164 e. The number of para-hydroxylation sites is 1. The van der Waals surface area contributed by atoms with Gasteiger partial charge in [-0.3, -0.25) is 0 Å². The normalized spacial score (nSPS) is 11.3. The summed E-state index contributed by atoms with van der Waals surface area (Å²) < 4.78 is 0. The second kappa shape index (κ2) is 14.9. The van der Waals surface area contributed by atoms with E-state index in [4.69, 9.17) is 29.9 Å². The summed E-state index contributed by atoms with van der Waals surface area (Å²) in [6.07, 6.45) is 0. The number of aromatic nitrogens is 6. The van der Waals surface area contributed by atoms with Gasteiger partial charge in [-0.2, -0.15) is 0 Å². The van der Waals surface area contributed by atoms with Crippen molar-refractivity contribution >= 4 is 32.7 Å². The van der Waals surface area contributed by atoms with Crippen LogP contribution in [0.2, 0.25) is 0 Å². The number of benzene rings is 8. The fourth-order valence-corrected chi connectivity index (χ4v) is 8.03. The van der Waals surface area contributed by atoms with Crippen molar-refractivity contribution in [3.8, 4) is 79.1 Å². The molecule has 0 saturated carbocycles. The van der Waals surface area contributed by atoms with Crippen molar-refractivity contribution in [1.82, 2.24) is 29.9 Å². The number of hydrogen-bond donors (Lipinski definition) is 0. The molecule has 0 fully saturated rings. The Bertz CT molecular complexity index is 3270. The maximum atomic E-state index is 5.58. The van der Waals surface area contributed by atoms with Gasteiger partial charge in [0.15, 0.2) is 17.5 Å². The first-order valence-corrected chi connectivity index (χ1v) is 20.0. The fourth-order valence-electron chi connectivity index (χ4n) is 8.03. The third-order valence-electron chi connectivity index (χ3n) is 10.9. The molecule has 0 unspecified atom stereocenters. The summed E-state index contributed by atoms with van der Waals surface area (Å²) in [7, 11) is 0. The summed E-state index contributed by atoms with van der Waals surface area (Å²) in [6.45, 7) is 0. The zero-order valence-corrected chi connectivity index (χ0v) is 32.3. The molecule has 11 aromatic rings. The Morgan fingerprint density at radius 3 is 1.15 bits per heavy atom. The Labute approximate surface area is 346 Å². The second-order valence-corrected chi connectivity index (χ2v) is 14.7. The number of rotatable bonds is 7. The first-order chi connectivity index (χ1) is 29.7. The van der Waals surface area contributed by atoms with Crippen LogP contribution in [0.25, 0.3) is 112 Å². The van der Waals surface area contributed by atoms with E-state index < -0.39 is 0 Å². The van der Waals surface area contributed by atoms with Crippen molar-refractivity contribution in [2.24, 2.45) is 0 Å². The molecule has 0 atom stereocenters. The third kappa shape index (κ3) is 6.33. The minimum atomic E-state index is 0.599. The van der Waals surface area contributed by atoms with Gasteiger partial charge in [0, 0.05) is 49.5 Å². The minimum Gasteiger partial charge on any atom is -0.247 e. The lowest BCUT2D eigenvalue weighted by Gasteiger charge is -2.18. The zero-order chi connectivity index (χ0) is 39.8. The van der Waals surface area contributed by atoms with E-state index in [1.165, 1.54) is 0 Å². The molecule has 0 bridgehead atoms. The van der Waals surface area contributed by atoms with Crippen LogP contribution in [0, 0.1) is 0 Å². The van der Waals surface area contributed by atoms with Crippen LogP contribution in [0.5, 0.6) is 0 Å². The molecule has 6 nitrogen and oxygen atoms in total. The summed E-state index contributed by atoms with van der Waals surface area (Å²) in [4.78, 5) is 31.4. The van der Waals surface area contributed by atoms with E-state index in [0.717, 1.165) is 94.3 Å². The van der Waals surface area contributed by atoms with Crippen molar-refractivity contribution < 1.29 is 0 Å². The second-order valence-electron chi connectivity index (χ2n) is 14.7. The molecular weight excluding hydrogens is 733 g/mol. The van der Waals surface area contributed by atoms with Crippen molar-refractivity contribution in [2.75, 3.05) is 0 Å². The molecule has 0 aliphatic heterocycles. The van der Waals surface area contributed by atoms with E-state index in [1.54, 1.807) is 0 Å². The van der Waals surface area contributed by atoms with Gasteiger partial charge in [0.2, 0.25) is 0 Å². The Balaban J connectivity index is 1.18. The molecule has 280 valence electrons. The molecular formula is C54H34N6. The first kappa shape index (κ1) is 35.0. The molecule has 0 aliphatic carbocycles. The number of hydrogen-bond acceptors (Lipinski definition) is 6. The number of fused-ring (bicyclic) bond motifs is 5. The predicted octanol–water partition coefficient (Wildman–Crippen LogP) is 13.2. The standard InChI is InChI=1S/C54H34N6/c1-6-18-36(19-7-1)48-47-43(35-30-32-41(33-31-35)54-59-52(39-24-12-4-13-25-39)58-53(60-54)40-26-14-5-15-27-40)34-45-51(46(47)42-28-16-17-29-44(42)55-48)57-50(38-22-10-3-11-23-38)49(56-45)37-20-8-2-9-21-37/h1-34H. The molecule has 0 radical (unpaired) electrons. The van der Waals surface area contributed by atoms with E-state index in [0.29, 0.717) is 17.5 Å². The van der Waals surface area contributed by atoms with Crippen LogP contribution in [-0.2, 0) is 0 Å². The Kier molecular flexibility index (Phi) is 8.71. The molecule has 8 aromatic carbocycles. The van der Waals surface area contributed by atoms with Crippen LogP contribution in [0.15, 0.2) is 206 Å². The highest BCUT2D eigenvalue weighted by Crippen LogP contribution is 2.44. The highest BCUT2D eigenvalue weighted by atomic mass is 15.0. The Morgan fingerprint density at radius 2 is 0.633 bits per heavy atom. The topological polar surface area (TPSA) is 77.3 Å². The lowest BCUT2D eigenvalue weighted by Crippen LogP contribution is -2.00. The summed E-state index contributed by atoms with van der Waals surface area (Å²) >= 11 is 0. The van der Waals surface area contributed by atoms with Crippen molar-refractivity contribution in [3.63, 3.8) is 0 Å². The van der Waals surface area contributed by atoms with E-state index in [9.17, 15) is 0 Å². The van der Waals surface area contributed by atoms with Crippen LogP contribution in [0.1, 0.15) is 0 Å². The first-order valence-electron chi connectivity index (χ1n) is 20.0. The average molecular weight is 767 g/mol. The minimum absolute atomic E-state index is 0.599. The van der Waals surface area contributed by atoms with E-state index >= 15 is 0 Å². The smallest absolute Gasteiger partial charge is 0.164 e. The van der Waals surface area contributed by atoms with Gasteiger partial charge < -0.3 is 0 Å². The van der Waals surface area contributed by atoms with E-state index in [1.807, 2.05) is 97.1 Å². The highest BCUT2D eigenvalue weighted by molar-refractivity contribution is 6.25. The number of nitrogens with zero attached hydrogens (tertiary/aromatic N) is 6. The molecule has 3 heterocycles. The zero-order valence-electron chi connectivity index (χ0n) is 32.3. The van der Waals surface area contributed by atoms with Crippen LogP contribution < -0.4 is 0 Å².